The van der Waals surface area contributed by atoms with Gasteiger partial charge in [-0.2, -0.15) is 5.26 Å². The fraction of sp³-hybridized carbons (Fsp3) is 0.0625. The lowest BCUT2D eigenvalue weighted by atomic mass is 10.0. The molecule has 1 aromatic heterocycles. The number of hydrogen-bond acceptors (Lipinski definition) is 4. The predicted molar refractivity (Wildman–Crippen MR) is 83.7 cm³/mol. The maximum atomic E-state index is 12.2. The van der Waals surface area contributed by atoms with Gasteiger partial charge in [-0.3, -0.25) is 5.10 Å². The number of hydrogen-bond donors (Lipinski definition) is 1. The number of rotatable bonds is 3. The molecule has 3 rings (SSSR count). The molecule has 0 bridgehead atoms. The van der Waals surface area contributed by atoms with E-state index in [2.05, 4.69) is 20.1 Å². The van der Waals surface area contributed by atoms with Crippen LogP contribution in [0.2, 0.25) is 5.02 Å². The Hall–Kier alpha value is -3.05. The van der Waals surface area contributed by atoms with Crippen molar-refractivity contribution in [1.82, 2.24) is 15.4 Å². The van der Waals surface area contributed by atoms with E-state index in [-0.39, 0.29) is 11.4 Å². The summed E-state index contributed by atoms with van der Waals surface area (Å²) in [6.07, 6.45) is -4.74. The third-order valence-electron chi connectivity index (χ3n) is 3.26. The molecule has 9 heteroatoms. The first-order valence-corrected chi connectivity index (χ1v) is 7.22. The van der Waals surface area contributed by atoms with Crippen molar-refractivity contribution in [3.05, 3.63) is 53.2 Å². The number of alkyl halides is 3. The number of ether oxygens (including phenoxy) is 1. The van der Waals surface area contributed by atoms with E-state index < -0.39 is 6.36 Å². The molecule has 0 radical (unpaired) electrons. The van der Waals surface area contributed by atoms with Gasteiger partial charge in [0.25, 0.3) is 0 Å². The van der Waals surface area contributed by atoms with Crippen molar-refractivity contribution < 1.29 is 17.9 Å². The highest BCUT2D eigenvalue weighted by Gasteiger charge is 2.30. The minimum absolute atomic E-state index is 0.113. The average Bonchev–Trinajstić information content (AvgIpc) is 3.02. The molecule has 126 valence electrons. The third kappa shape index (κ3) is 3.89. The minimum Gasteiger partial charge on any atom is -0.406 e. The molecule has 1 N–H and O–H groups in total. The fourth-order valence-electron chi connectivity index (χ4n) is 2.26. The average molecular weight is 365 g/mol. The van der Waals surface area contributed by atoms with Crippen molar-refractivity contribution in [2.45, 2.75) is 6.36 Å². The number of halogens is 4. The summed E-state index contributed by atoms with van der Waals surface area (Å²) < 4.78 is 40.5. The zero-order valence-electron chi connectivity index (χ0n) is 12.3. The Balaban J connectivity index is 1.97. The molecule has 0 atom stereocenters. The van der Waals surface area contributed by atoms with Crippen LogP contribution in [0, 0.1) is 11.3 Å². The third-order valence-corrected chi connectivity index (χ3v) is 3.48. The quantitative estimate of drug-likeness (QED) is 0.739. The smallest absolute Gasteiger partial charge is 0.406 e. The lowest BCUT2D eigenvalue weighted by molar-refractivity contribution is -0.274. The molecule has 2 aromatic carbocycles. The standard InChI is InChI=1S/C16H8ClF3N4O/c17-12-6-10(5-11(7-12)15-14(8-21)22-24-23-15)9-1-3-13(4-2-9)25-16(18,19)20/h1-7H,(H,22,23,24). The first-order valence-electron chi connectivity index (χ1n) is 6.84. The molecule has 0 fully saturated rings. The van der Waals surface area contributed by atoms with Gasteiger partial charge in [-0.1, -0.05) is 28.9 Å². The van der Waals surface area contributed by atoms with Gasteiger partial charge >= 0.3 is 6.36 Å². The molecular formula is C16H8ClF3N4O. The van der Waals surface area contributed by atoms with Crippen LogP contribution in [0.3, 0.4) is 0 Å². The summed E-state index contributed by atoms with van der Waals surface area (Å²) in [6, 6.07) is 12.3. The Morgan fingerprint density at radius 2 is 1.72 bits per heavy atom. The second-order valence-electron chi connectivity index (χ2n) is 4.95. The number of benzene rings is 2. The van der Waals surface area contributed by atoms with Gasteiger partial charge in [-0.25, -0.2) is 0 Å². The highest BCUT2D eigenvalue weighted by Crippen LogP contribution is 2.32. The Morgan fingerprint density at radius 1 is 1.04 bits per heavy atom. The molecule has 0 aliphatic carbocycles. The summed E-state index contributed by atoms with van der Waals surface area (Å²) in [5.74, 6) is -0.317. The second kappa shape index (κ2) is 6.45. The zero-order chi connectivity index (χ0) is 18.0. The molecule has 1 heterocycles. The molecule has 5 nitrogen and oxygen atoms in total. The van der Waals surface area contributed by atoms with E-state index in [4.69, 9.17) is 16.9 Å². The topological polar surface area (TPSA) is 74.6 Å². The largest absolute Gasteiger partial charge is 0.573 e. The van der Waals surface area contributed by atoms with Gasteiger partial charge in [-0.15, -0.1) is 18.3 Å². The molecular weight excluding hydrogens is 357 g/mol. The summed E-state index contributed by atoms with van der Waals surface area (Å²) >= 11 is 6.12. The lowest BCUT2D eigenvalue weighted by Gasteiger charge is -2.10. The van der Waals surface area contributed by atoms with Crippen molar-refractivity contribution in [2.75, 3.05) is 0 Å². The number of nitriles is 1. The first-order chi connectivity index (χ1) is 11.9. The Kier molecular flexibility index (Phi) is 4.33. The van der Waals surface area contributed by atoms with Crippen molar-refractivity contribution in [3.63, 3.8) is 0 Å². The summed E-state index contributed by atoms with van der Waals surface area (Å²) in [5.41, 5.74) is 2.38. The van der Waals surface area contributed by atoms with Gasteiger partial charge in [0.15, 0.2) is 5.69 Å². The Labute approximate surface area is 144 Å². The van der Waals surface area contributed by atoms with Crippen LogP contribution < -0.4 is 4.74 Å². The second-order valence-corrected chi connectivity index (χ2v) is 5.38. The monoisotopic (exact) mass is 364 g/mol. The molecule has 0 amide bonds. The highest BCUT2D eigenvalue weighted by atomic mass is 35.5. The summed E-state index contributed by atoms with van der Waals surface area (Å²) in [4.78, 5) is 0. The molecule has 3 aromatic rings. The number of aromatic nitrogens is 3. The van der Waals surface area contributed by atoms with Crippen LogP contribution in [-0.2, 0) is 0 Å². The molecule has 0 aliphatic heterocycles. The molecule has 0 spiro atoms. The SMILES string of the molecule is N#Cc1nn[nH]c1-c1cc(Cl)cc(-c2ccc(OC(F)(F)F)cc2)c1. The summed E-state index contributed by atoms with van der Waals surface area (Å²) in [7, 11) is 0. The van der Waals surface area contributed by atoms with E-state index in [0.717, 1.165) is 0 Å². The van der Waals surface area contributed by atoms with E-state index >= 15 is 0 Å². The van der Waals surface area contributed by atoms with Crippen LogP contribution in [0.5, 0.6) is 5.75 Å². The van der Waals surface area contributed by atoms with Crippen LogP contribution in [0.4, 0.5) is 13.2 Å². The summed E-state index contributed by atoms with van der Waals surface area (Å²) in [5, 5.41) is 19.3. The first kappa shape index (κ1) is 16.8. The predicted octanol–water partition coefficient (Wildman–Crippen LogP) is 4.56. The Bertz CT molecular complexity index is 945. The van der Waals surface area contributed by atoms with Gasteiger partial charge in [0.1, 0.15) is 17.5 Å². The summed E-state index contributed by atoms with van der Waals surface area (Å²) in [6.45, 7) is 0. The minimum atomic E-state index is -4.74. The molecule has 0 unspecified atom stereocenters. The van der Waals surface area contributed by atoms with E-state index in [1.54, 1.807) is 18.2 Å². The van der Waals surface area contributed by atoms with E-state index in [9.17, 15) is 13.2 Å². The molecule has 0 aliphatic rings. The van der Waals surface area contributed by atoms with Crippen LogP contribution in [0.1, 0.15) is 5.69 Å². The van der Waals surface area contributed by atoms with Crippen LogP contribution >= 0.6 is 11.6 Å². The lowest BCUT2D eigenvalue weighted by Crippen LogP contribution is -2.16. The van der Waals surface area contributed by atoms with Gasteiger partial charge < -0.3 is 4.74 Å². The number of nitrogens with zero attached hydrogens (tertiary/aromatic N) is 3. The van der Waals surface area contributed by atoms with Crippen molar-refractivity contribution in [2.24, 2.45) is 0 Å². The normalized spacial score (nSPS) is 11.2. The number of aromatic amines is 1. The fourth-order valence-corrected chi connectivity index (χ4v) is 2.49. The van der Waals surface area contributed by atoms with Gasteiger partial charge in [-0.05, 0) is 41.5 Å². The van der Waals surface area contributed by atoms with Crippen molar-refractivity contribution >= 4 is 11.6 Å². The molecule has 25 heavy (non-hydrogen) atoms. The van der Waals surface area contributed by atoms with Crippen LogP contribution in [0.15, 0.2) is 42.5 Å². The van der Waals surface area contributed by atoms with Gasteiger partial charge in [0, 0.05) is 10.6 Å². The Morgan fingerprint density at radius 3 is 2.36 bits per heavy atom. The number of nitrogens with one attached hydrogen (secondary N) is 1. The molecule has 0 saturated heterocycles. The van der Waals surface area contributed by atoms with E-state index in [1.165, 1.54) is 24.3 Å². The highest BCUT2D eigenvalue weighted by molar-refractivity contribution is 6.31. The maximum absolute atomic E-state index is 12.2. The van der Waals surface area contributed by atoms with Gasteiger partial charge in [0.2, 0.25) is 0 Å². The van der Waals surface area contributed by atoms with E-state index in [1.807, 2.05) is 6.07 Å². The van der Waals surface area contributed by atoms with Crippen LogP contribution in [-0.4, -0.2) is 21.8 Å². The van der Waals surface area contributed by atoms with Crippen LogP contribution in [0.25, 0.3) is 22.4 Å². The van der Waals surface area contributed by atoms with E-state index in [0.29, 0.717) is 27.4 Å². The van der Waals surface area contributed by atoms with Gasteiger partial charge in [0.05, 0.1) is 0 Å². The molecule has 0 saturated carbocycles. The zero-order valence-corrected chi connectivity index (χ0v) is 13.1. The number of H-pyrrole nitrogens is 1. The maximum Gasteiger partial charge on any atom is 0.573 e. The van der Waals surface area contributed by atoms with Crippen molar-refractivity contribution in [3.8, 4) is 34.2 Å². The van der Waals surface area contributed by atoms with Crippen molar-refractivity contribution in [1.29, 1.82) is 5.26 Å².